The first-order valence-corrected chi connectivity index (χ1v) is 7.07. The maximum absolute atomic E-state index is 11.7. The maximum atomic E-state index is 11.7. The molecule has 6 heteroatoms. The number of nitrogens with two attached hydrogens (primary N) is 1. The molecular weight excluding hydrogens is 256 g/mol. The molecule has 1 atom stereocenters. The molecule has 0 spiro atoms. The van der Waals surface area contributed by atoms with Crippen LogP contribution >= 0.6 is 0 Å². The van der Waals surface area contributed by atoms with E-state index < -0.39 is 6.03 Å². The van der Waals surface area contributed by atoms with E-state index in [9.17, 15) is 9.59 Å². The van der Waals surface area contributed by atoms with Crippen LogP contribution in [0.3, 0.4) is 0 Å². The molecule has 0 fully saturated rings. The van der Waals surface area contributed by atoms with Crippen molar-refractivity contribution in [3.05, 3.63) is 0 Å². The lowest BCUT2D eigenvalue weighted by Crippen LogP contribution is -2.50. The molecule has 118 valence electrons. The summed E-state index contributed by atoms with van der Waals surface area (Å²) < 4.78 is 0. The minimum atomic E-state index is -0.463. The van der Waals surface area contributed by atoms with Gasteiger partial charge in [-0.3, -0.25) is 15.0 Å². The Balaban J connectivity index is 3.99. The predicted octanol–water partition coefficient (Wildman–Crippen LogP) is 0.916. The molecule has 4 N–H and O–H groups in total. The van der Waals surface area contributed by atoms with E-state index >= 15 is 0 Å². The Labute approximate surface area is 122 Å². The Morgan fingerprint density at radius 2 is 1.80 bits per heavy atom. The van der Waals surface area contributed by atoms with Gasteiger partial charge in [-0.05, 0) is 46.7 Å². The molecule has 0 aliphatic rings. The molecule has 0 aliphatic carbocycles. The molecule has 0 bridgehead atoms. The fourth-order valence-corrected chi connectivity index (χ4v) is 1.56. The lowest BCUT2D eigenvalue weighted by atomic mass is 10.0. The van der Waals surface area contributed by atoms with Gasteiger partial charge >= 0.3 is 6.03 Å². The molecule has 1 unspecified atom stereocenters. The number of imide groups is 1. The standard InChI is InChI=1S/C14H30N4O2/c1-10(2)11(15)7-8-18(6)9-12(19)16-13(20)17-14(3,4)5/h10-11H,7-9,15H2,1-6H3,(H2,16,17,19,20). The number of carbonyl (C=O) groups excluding carboxylic acids is 2. The highest BCUT2D eigenvalue weighted by Gasteiger charge is 2.16. The molecule has 20 heavy (non-hydrogen) atoms. The number of hydrogen-bond donors (Lipinski definition) is 3. The van der Waals surface area contributed by atoms with Crippen molar-refractivity contribution >= 4 is 11.9 Å². The van der Waals surface area contributed by atoms with Gasteiger partial charge in [0.25, 0.3) is 0 Å². The smallest absolute Gasteiger partial charge is 0.321 e. The Morgan fingerprint density at radius 1 is 1.25 bits per heavy atom. The van der Waals surface area contributed by atoms with Crippen LogP contribution in [0.25, 0.3) is 0 Å². The predicted molar refractivity (Wildman–Crippen MR) is 81.4 cm³/mol. The number of likely N-dealkylation sites (N-methyl/N-ethyl adjacent to an activating group) is 1. The number of nitrogens with one attached hydrogen (secondary N) is 2. The monoisotopic (exact) mass is 286 g/mol. The molecule has 0 saturated carbocycles. The Hall–Kier alpha value is -1.14. The first-order valence-electron chi connectivity index (χ1n) is 7.07. The number of urea groups is 1. The Kier molecular flexibility index (Phi) is 7.75. The van der Waals surface area contributed by atoms with Crippen molar-refractivity contribution in [2.75, 3.05) is 20.1 Å². The third kappa shape index (κ3) is 9.75. The summed E-state index contributed by atoms with van der Waals surface area (Å²) in [6.07, 6.45) is 0.829. The zero-order valence-corrected chi connectivity index (χ0v) is 13.6. The van der Waals surface area contributed by atoms with E-state index in [0.717, 1.165) is 13.0 Å². The van der Waals surface area contributed by atoms with Gasteiger partial charge in [0.1, 0.15) is 0 Å². The molecule has 0 aliphatic heterocycles. The SMILES string of the molecule is CC(C)C(N)CCN(C)CC(=O)NC(=O)NC(C)(C)C. The van der Waals surface area contributed by atoms with Crippen LogP contribution in [-0.4, -0.2) is 48.6 Å². The zero-order chi connectivity index (χ0) is 15.9. The molecule has 0 aromatic heterocycles. The lowest BCUT2D eigenvalue weighted by molar-refractivity contribution is -0.120. The van der Waals surface area contributed by atoms with Crippen LogP contribution in [0.1, 0.15) is 41.0 Å². The molecule has 0 aromatic carbocycles. The van der Waals surface area contributed by atoms with Gasteiger partial charge in [-0.25, -0.2) is 4.79 Å². The number of amides is 3. The summed E-state index contributed by atoms with van der Waals surface area (Å²) in [5.41, 5.74) is 5.59. The molecule has 0 heterocycles. The van der Waals surface area contributed by atoms with Crippen LogP contribution in [0.4, 0.5) is 4.79 Å². The van der Waals surface area contributed by atoms with Gasteiger partial charge in [-0.15, -0.1) is 0 Å². The van der Waals surface area contributed by atoms with Crippen molar-refractivity contribution in [2.45, 2.75) is 52.6 Å². The van der Waals surface area contributed by atoms with Crippen molar-refractivity contribution in [3.8, 4) is 0 Å². The van der Waals surface area contributed by atoms with Crippen LogP contribution in [0.5, 0.6) is 0 Å². The van der Waals surface area contributed by atoms with E-state index in [-0.39, 0.29) is 24.0 Å². The van der Waals surface area contributed by atoms with Crippen LogP contribution in [-0.2, 0) is 4.79 Å². The summed E-state index contributed by atoms with van der Waals surface area (Å²) in [4.78, 5) is 25.1. The summed E-state index contributed by atoms with van der Waals surface area (Å²) in [6.45, 7) is 10.6. The van der Waals surface area contributed by atoms with Crippen LogP contribution in [0.15, 0.2) is 0 Å². The lowest BCUT2D eigenvalue weighted by Gasteiger charge is -2.22. The minimum absolute atomic E-state index is 0.129. The largest absolute Gasteiger partial charge is 0.333 e. The van der Waals surface area contributed by atoms with Gasteiger partial charge in [-0.2, -0.15) is 0 Å². The number of rotatable bonds is 6. The Morgan fingerprint density at radius 3 is 2.25 bits per heavy atom. The van der Waals surface area contributed by atoms with Crippen LogP contribution in [0, 0.1) is 5.92 Å². The summed E-state index contributed by atoms with van der Waals surface area (Å²) in [7, 11) is 1.84. The maximum Gasteiger partial charge on any atom is 0.321 e. The summed E-state index contributed by atoms with van der Waals surface area (Å²) in [5.74, 6) is 0.113. The third-order valence-electron chi connectivity index (χ3n) is 2.86. The van der Waals surface area contributed by atoms with E-state index in [1.54, 1.807) is 0 Å². The number of hydrogen-bond acceptors (Lipinski definition) is 4. The average Bonchev–Trinajstić information content (AvgIpc) is 2.22. The first kappa shape index (κ1) is 18.9. The molecule has 3 amide bonds. The number of nitrogens with zero attached hydrogens (tertiary/aromatic N) is 1. The normalized spacial score (nSPS) is 13.4. The van der Waals surface area contributed by atoms with Crippen molar-refractivity contribution in [2.24, 2.45) is 11.7 Å². The van der Waals surface area contributed by atoms with E-state index in [4.69, 9.17) is 5.73 Å². The van der Waals surface area contributed by atoms with E-state index in [0.29, 0.717) is 5.92 Å². The molecule has 6 nitrogen and oxygen atoms in total. The van der Waals surface area contributed by atoms with Crippen molar-refractivity contribution in [3.63, 3.8) is 0 Å². The second-order valence-corrected chi connectivity index (χ2v) is 6.69. The van der Waals surface area contributed by atoms with E-state index in [1.165, 1.54) is 0 Å². The first-order chi connectivity index (χ1) is 9.01. The quantitative estimate of drug-likeness (QED) is 0.677. The van der Waals surface area contributed by atoms with Crippen LogP contribution in [0.2, 0.25) is 0 Å². The van der Waals surface area contributed by atoms with E-state index in [1.807, 2.05) is 32.7 Å². The second-order valence-electron chi connectivity index (χ2n) is 6.69. The second kappa shape index (κ2) is 8.21. The Bertz CT molecular complexity index is 324. The minimum Gasteiger partial charge on any atom is -0.333 e. The van der Waals surface area contributed by atoms with Crippen LogP contribution < -0.4 is 16.4 Å². The van der Waals surface area contributed by atoms with Gasteiger partial charge in [0, 0.05) is 11.6 Å². The number of carbonyl (C=O) groups is 2. The summed E-state index contributed by atoms with van der Waals surface area (Å²) in [6, 6.07) is -0.334. The molecule has 0 aromatic rings. The summed E-state index contributed by atoms with van der Waals surface area (Å²) >= 11 is 0. The van der Waals surface area contributed by atoms with Gasteiger partial charge < -0.3 is 11.1 Å². The zero-order valence-electron chi connectivity index (χ0n) is 13.6. The highest BCUT2D eigenvalue weighted by Crippen LogP contribution is 2.03. The molecule has 0 radical (unpaired) electrons. The van der Waals surface area contributed by atoms with Crippen molar-refractivity contribution in [1.82, 2.24) is 15.5 Å². The third-order valence-corrected chi connectivity index (χ3v) is 2.86. The van der Waals surface area contributed by atoms with Crippen molar-refractivity contribution in [1.29, 1.82) is 0 Å². The van der Waals surface area contributed by atoms with Crippen molar-refractivity contribution < 1.29 is 9.59 Å². The molecule has 0 rings (SSSR count). The summed E-state index contributed by atoms with van der Waals surface area (Å²) in [5, 5.41) is 4.99. The fourth-order valence-electron chi connectivity index (χ4n) is 1.56. The van der Waals surface area contributed by atoms with Gasteiger partial charge in [0.15, 0.2) is 0 Å². The fraction of sp³-hybridized carbons (Fsp3) is 0.857. The van der Waals surface area contributed by atoms with Gasteiger partial charge in [0.2, 0.25) is 5.91 Å². The highest BCUT2D eigenvalue weighted by molar-refractivity contribution is 5.95. The molecular formula is C14H30N4O2. The van der Waals surface area contributed by atoms with Gasteiger partial charge in [0.05, 0.1) is 6.54 Å². The van der Waals surface area contributed by atoms with Gasteiger partial charge in [-0.1, -0.05) is 13.8 Å². The highest BCUT2D eigenvalue weighted by atomic mass is 16.2. The average molecular weight is 286 g/mol. The molecule has 0 saturated heterocycles. The topological polar surface area (TPSA) is 87.5 Å². The van der Waals surface area contributed by atoms with E-state index in [2.05, 4.69) is 24.5 Å².